The Bertz CT molecular complexity index is 424. The van der Waals surface area contributed by atoms with Crippen molar-refractivity contribution in [3.8, 4) is 0 Å². The first-order chi connectivity index (χ1) is 9.69. The molecule has 1 aromatic heterocycles. The summed E-state index contributed by atoms with van der Waals surface area (Å²) in [5.41, 5.74) is 4.71. The van der Waals surface area contributed by atoms with Gasteiger partial charge < -0.3 is 10.2 Å². The molecular formula is C14H25N5O. The fourth-order valence-electron chi connectivity index (χ4n) is 2.59. The highest BCUT2D eigenvalue weighted by Crippen LogP contribution is 2.23. The molecule has 1 unspecified atom stereocenters. The molecule has 112 valence electrons. The van der Waals surface area contributed by atoms with Gasteiger partial charge in [0.15, 0.2) is 5.82 Å². The van der Waals surface area contributed by atoms with Crippen LogP contribution in [0.15, 0.2) is 0 Å². The number of rotatable bonds is 5. The number of nitrogens with two attached hydrogens (primary N) is 1. The van der Waals surface area contributed by atoms with E-state index in [1.165, 1.54) is 0 Å². The summed E-state index contributed by atoms with van der Waals surface area (Å²) >= 11 is 0. The molecule has 6 nitrogen and oxygen atoms in total. The molecule has 20 heavy (non-hydrogen) atoms. The summed E-state index contributed by atoms with van der Waals surface area (Å²) < 4.78 is 5.84. The maximum atomic E-state index is 5.84. The zero-order chi connectivity index (χ0) is 14.5. The number of nitrogens with one attached hydrogen (secondary N) is 1. The van der Waals surface area contributed by atoms with E-state index < -0.39 is 0 Å². The number of aromatic nitrogens is 2. The molecule has 1 aromatic rings. The third-order valence-corrected chi connectivity index (χ3v) is 3.71. The molecule has 1 aliphatic heterocycles. The number of ether oxygens (including phenoxy) is 1. The molecule has 0 spiro atoms. The fourth-order valence-corrected chi connectivity index (χ4v) is 2.59. The molecule has 0 amide bonds. The largest absolute Gasteiger partial charge is 0.368 e. The second-order valence-electron chi connectivity index (χ2n) is 5.16. The third-order valence-electron chi connectivity index (χ3n) is 3.71. The topological polar surface area (TPSA) is 76.3 Å². The number of hydrogen-bond acceptors (Lipinski definition) is 6. The van der Waals surface area contributed by atoms with E-state index in [0.29, 0.717) is 5.82 Å². The van der Waals surface area contributed by atoms with Crippen molar-refractivity contribution in [2.75, 3.05) is 31.7 Å². The van der Waals surface area contributed by atoms with Crippen LogP contribution >= 0.6 is 0 Å². The highest BCUT2D eigenvalue weighted by Gasteiger charge is 2.25. The summed E-state index contributed by atoms with van der Waals surface area (Å²) in [5.74, 6) is 6.99. The Labute approximate surface area is 120 Å². The highest BCUT2D eigenvalue weighted by molar-refractivity contribution is 5.44. The first-order valence-corrected chi connectivity index (χ1v) is 7.37. The Morgan fingerprint density at radius 2 is 2.20 bits per heavy atom. The Balaban J connectivity index is 2.23. The smallest absolute Gasteiger partial charge is 0.161 e. The van der Waals surface area contributed by atoms with Crippen molar-refractivity contribution < 1.29 is 4.74 Å². The van der Waals surface area contributed by atoms with Gasteiger partial charge in [-0.1, -0.05) is 13.8 Å². The summed E-state index contributed by atoms with van der Waals surface area (Å²) in [6.45, 7) is 9.93. The molecule has 1 fully saturated rings. The molecule has 0 aromatic carbocycles. The minimum atomic E-state index is -0.0618. The summed E-state index contributed by atoms with van der Waals surface area (Å²) in [6.07, 6.45) is 1.95. The van der Waals surface area contributed by atoms with Crippen LogP contribution in [0.1, 0.15) is 43.5 Å². The second kappa shape index (κ2) is 6.97. The van der Waals surface area contributed by atoms with Gasteiger partial charge in [-0.2, -0.15) is 0 Å². The fraction of sp³-hybridized carbons (Fsp3) is 0.714. The van der Waals surface area contributed by atoms with Gasteiger partial charge in [-0.05, 0) is 26.3 Å². The zero-order valence-corrected chi connectivity index (χ0v) is 12.6. The first-order valence-electron chi connectivity index (χ1n) is 7.37. The van der Waals surface area contributed by atoms with Gasteiger partial charge in [0.05, 0.1) is 6.61 Å². The average molecular weight is 279 g/mol. The molecule has 3 N–H and O–H groups in total. The lowest BCUT2D eigenvalue weighted by Crippen LogP contribution is -2.39. The maximum Gasteiger partial charge on any atom is 0.161 e. The van der Waals surface area contributed by atoms with Gasteiger partial charge in [0.25, 0.3) is 0 Å². The van der Waals surface area contributed by atoms with E-state index in [2.05, 4.69) is 34.1 Å². The lowest BCUT2D eigenvalue weighted by atomic mass is 10.1. The van der Waals surface area contributed by atoms with Crippen molar-refractivity contribution in [2.45, 2.75) is 39.7 Å². The van der Waals surface area contributed by atoms with E-state index >= 15 is 0 Å². The third kappa shape index (κ3) is 3.26. The molecule has 2 heterocycles. The van der Waals surface area contributed by atoms with E-state index in [1.807, 2.05) is 6.92 Å². The van der Waals surface area contributed by atoms with Gasteiger partial charge in [-0.3, -0.25) is 4.90 Å². The normalized spacial score (nSPS) is 20.1. The molecule has 0 radical (unpaired) electrons. The summed E-state index contributed by atoms with van der Waals surface area (Å²) in [4.78, 5) is 11.6. The predicted molar refractivity (Wildman–Crippen MR) is 79.4 cm³/mol. The molecule has 0 saturated carbocycles. The quantitative estimate of drug-likeness (QED) is 0.627. The Morgan fingerprint density at radius 3 is 2.85 bits per heavy atom. The van der Waals surface area contributed by atoms with Crippen LogP contribution in [0.3, 0.4) is 0 Å². The van der Waals surface area contributed by atoms with Crippen LogP contribution in [0, 0.1) is 6.92 Å². The van der Waals surface area contributed by atoms with Crippen LogP contribution in [-0.4, -0.2) is 41.1 Å². The van der Waals surface area contributed by atoms with Crippen LogP contribution in [0.2, 0.25) is 0 Å². The molecule has 0 aliphatic carbocycles. The van der Waals surface area contributed by atoms with E-state index in [9.17, 15) is 0 Å². The minimum Gasteiger partial charge on any atom is -0.368 e. The standard InChI is InChI=1S/C14H25N5O/c1-4-6-19-7-8-20-12(9-19)14-16-11(5-2)10(3)13(17-14)18-15/h12H,4-9,15H2,1-3H3,(H,16,17,18). The lowest BCUT2D eigenvalue weighted by molar-refractivity contribution is -0.0342. The van der Waals surface area contributed by atoms with Gasteiger partial charge in [-0.15, -0.1) is 0 Å². The number of morpholine rings is 1. The summed E-state index contributed by atoms with van der Waals surface area (Å²) in [6, 6.07) is 0. The maximum absolute atomic E-state index is 5.84. The van der Waals surface area contributed by atoms with Crippen LogP contribution in [0.5, 0.6) is 0 Å². The molecule has 0 bridgehead atoms. The molecule has 1 atom stereocenters. The van der Waals surface area contributed by atoms with Gasteiger partial charge in [0, 0.05) is 24.3 Å². The molecule has 2 rings (SSSR count). The van der Waals surface area contributed by atoms with Gasteiger partial charge in [0.1, 0.15) is 11.9 Å². The van der Waals surface area contributed by atoms with Crippen LogP contribution in [0.25, 0.3) is 0 Å². The van der Waals surface area contributed by atoms with E-state index in [0.717, 1.165) is 56.2 Å². The average Bonchev–Trinajstić information content (AvgIpc) is 2.48. The van der Waals surface area contributed by atoms with E-state index in [1.54, 1.807) is 0 Å². The van der Waals surface area contributed by atoms with Crippen molar-refractivity contribution in [3.05, 3.63) is 17.1 Å². The Hall–Kier alpha value is -1.24. The number of aryl methyl sites for hydroxylation is 1. The minimum absolute atomic E-state index is 0.0618. The Kier molecular flexibility index (Phi) is 5.28. The molecule has 6 heteroatoms. The highest BCUT2D eigenvalue weighted by atomic mass is 16.5. The Morgan fingerprint density at radius 1 is 1.40 bits per heavy atom. The van der Waals surface area contributed by atoms with Crippen molar-refractivity contribution in [1.82, 2.24) is 14.9 Å². The predicted octanol–water partition coefficient (Wildman–Crippen LogP) is 1.42. The van der Waals surface area contributed by atoms with Crippen LogP contribution in [-0.2, 0) is 11.2 Å². The zero-order valence-electron chi connectivity index (χ0n) is 12.6. The SMILES string of the molecule is CCCN1CCOC(c2nc(CC)c(C)c(NN)n2)C1. The van der Waals surface area contributed by atoms with Crippen molar-refractivity contribution in [3.63, 3.8) is 0 Å². The number of hydrazine groups is 1. The van der Waals surface area contributed by atoms with Crippen molar-refractivity contribution >= 4 is 5.82 Å². The molecular weight excluding hydrogens is 254 g/mol. The summed E-state index contributed by atoms with van der Waals surface area (Å²) in [5, 5.41) is 0. The second-order valence-corrected chi connectivity index (χ2v) is 5.16. The van der Waals surface area contributed by atoms with Gasteiger partial charge >= 0.3 is 0 Å². The number of hydrogen-bond donors (Lipinski definition) is 2. The van der Waals surface area contributed by atoms with Crippen LogP contribution < -0.4 is 11.3 Å². The number of anilines is 1. The van der Waals surface area contributed by atoms with Gasteiger partial charge in [-0.25, -0.2) is 15.8 Å². The van der Waals surface area contributed by atoms with Crippen molar-refractivity contribution in [2.24, 2.45) is 5.84 Å². The van der Waals surface area contributed by atoms with E-state index in [4.69, 9.17) is 10.6 Å². The number of nitrogens with zero attached hydrogens (tertiary/aromatic N) is 3. The first kappa shape index (κ1) is 15.2. The van der Waals surface area contributed by atoms with Crippen LogP contribution in [0.4, 0.5) is 5.82 Å². The summed E-state index contributed by atoms with van der Waals surface area (Å²) in [7, 11) is 0. The van der Waals surface area contributed by atoms with Gasteiger partial charge in [0.2, 0.25) is 0 Å². The van der Waals surface area contributed by atoms with Crippen molar-refractivity contribution in [1.29, 1.82) is 0 Å². The molecule has 1 aliphatic rings. The van der Waals surface area contributed by atoms with E-state index in [-0.39, 0.29) is 6.10 Å². The number of nitrogen functional groups attached to an aromatic ring is 1. The molecule has 1 saturated heterocycles. The monoisotopic (exact) mass is 279 g/mol. The lowest BCUT2D eigenvalue weighted by Gasteiger charge is -2.32.